The summed E-state index contributed by atoms with van der Waals surface area (Å²) in [4.78, 5) is 0.0788. The van der Waals surface area contributed by atoms with Crippen molar-refractivity contribution in [2.45, 2.75) is 29.2 Å². The van der Waals surface area contributed by atoms with Gasteiger partial charge in [-0.3, -0.25) is 0 Å². The number of benzene rings is 3. The number of hydrogen-bond acceptors (Lipinski definition) is 4. The second-order valence-electron chi connectivity index (χ2n) is 7.20. The first-order valence-electron chi connectivity index (χ1n) is 9.31. The van der Waals surface area contributed by atoms with E-state index in [9.17, 15) is 21.2 Å². The van der Waals surface area contributed by atoms with Crippen LogP contribution >= 0.6 is 11.6 Å². The molecule has 3 rings (SSSR count). The molecule has 0 aliphatic carbocycles. The summed E-state index contributed by atoms with van der Waals surface area (Å²) in [5, 5.41) is 0.348. The van der Waals surface area contributed by atoms with Gasteiger partial charge in [0.05, 0.1) is 16.0 Å². The van der Waals surface area contributed by atoms with Crippen LogP contribution in [0, 0.1) is 5.82 Å². The molecule has 0 radical (unpaired) electrons. The zero-order valence-electron chi connectivity index (χ0n) is 16.8. The van der Waals surface area contributed by atoms with E-state index in [1.807, 2.05) is 0 Å². The van der Waals surface area contributed by atoms with Crippen molar-refractivity contribution >= 4 is 31.5 Å². The van der Waals surface area contributed by atoms with Crippen LogP contribution < -0.4 is 4.72 Å². The third-order valence-corrected chi connectivity index (χ3v) is 7.62. The zero-order valence-corrected chi connectivity index (χ0v) is 19.2. The number of sulfone groups is 1. The van der Waals surface area contributed by atoms with Gasteiger partial charge in [0.15, 0.2) is 0 Å². The summed E-state index contributed by atoms with van der Waals surface area (Å²) in [5.41, 5.74) is 1.36. The Kier molecular flexibility index (Phi) is 6.85. The van der Waals surface area contributed by atoms with Gasteiger partial charge in [-0.1, -0.05) is 41.9 Å². The number of rotatable bonds is 7. The molecule has 0 aromatic heterocycles. The van der Waals surface area contributed by atoms with Crippen molar-refractivity contribution in [3.05, 3.63) is 94.3 Å². The van der Waals surface area contributed by atoms with Crippen LogP contribution in [0.2, 0.25) is 5.02 Å². The fourth-order valence-corrected chi connectivity index (χ4v) is 5.69. The van der Waals surface area contributed by atoms with Crippen molar-refractivity contribution in [1.29, 1.82) is 0 Å². The molecule has 0 unspecified atom stereocenters. The minimum atomic E-state index is -3.92. The van der Waals surface area contributed by atoms with Crippen LogP contribution in [-0.2, 0) is 26.3 Å². The van der Waals surface area contributed by atoms with Gasteiger partial charge in [-0.15, -0.1) is 0 Å². The Morgan fingerprint density at radius 1 is 0.935 bits per heavy atom. The summed E-state index contributed by atoms with van der Waals surface area (Å²) >= 11 is 6.08. The Labute approximate surface area is 186 Å². The lowest BCUT2D eigenvalue weighted by molar-refractivity contribution is 0.572. The summed E-state index contributed by atoms with van der Waals surface area (Å²) < 4.78 is 66.0. The Morgan fingerprint density at radius 2 is 1.58 bits per heavy atom. The molecule has 164 valence electrons. The normalized spacial score (nSPS) is 13.2. The Balaban J connectivity index is 1.98. The van der Waals surface area contributed by atoms with E-state index in [1.165, 1.54) is 36.4 Å². The fourth-order valence-electron chi connectivity index (χ4n) is 3.25. The molecule has 9 heteroatoms. The van der Waals surface area contributed by atoms with Crippen LogP contribution in [0.3, 0.4) is 0 Å². The van der Waals surface area contributed by atoms with Gasteiger partial charge in [0.2, 0.25) is 19.9 Å². The van der Waals surface area contributed by atoms with Crippen LogP contribution in [0.1, 0.15) is 29.7 Å². The summed E-state index contributed by atoms with van der Waals surface area (Å²) in [6.07, 6.45) is 1.12. The molecule has 3 aromatic carbocycles. The number of sulfonamides is 1. The molecule has 0 spiro atoms. The monoisotopic (exact) mass is 481 g/mol. The van der Waals surface area contributed by atoms with E-state index in [2.05, 4.69) is 4.72 Å². The quantitative estimate of drug-likeness (QED) is 0.538. The molecule has 0 aliphatic rings. The zero-order chi connectivity index (χ0) is 22.8. The first-order chi connectivity index (χ1) is 14.5. The van der Waals surface area contributed by atoms with E-state index in [0.717, 1.165) is 6.26 Å². The standard InChI is InChI=1S/C22H21ClFNO4S2/c1-15(25-30(2,26)27)16-7-10-20(11-8-16)31(28,29)22-12-9-19(23)14-18(22)13-17-5-3-4-6-21(17)24/h3-12,14-15,25H,13H2,1-2H3/t15-/m0/s1. The molecule has 1 atom stereocenters. The van der Waals surface area contributed by atoms with E-state index in [1.54, 1.807) is 37.3 Å². The van der Waals surface area contributed by atoms with Crippen molar-refractivity contribution in [3.63, 3.8) is 0 Å². The lowest BCUT2D eigenvalue weighted by Crippen LogP contribution is -2.25. The molecule has 0 saturated carbocycles. The molecule has 5 nitrogen and oxygen atoms in total. The largest absolute Gasteiger partial charge is 0.219 e. The Hall–Kier alpha value is -2.26. The lowest BCUT2D eigenvalue weighted by atomic mass is 10.0. The average molecular weight is 482 g/mol. The second-order valence-corrected chi connectivity index (χ2v) is 11.3. The maximum atomic E-state index is 14.1. The highest BCUT2D eigenvalue weighted by molar-refractivity contribution is 7.91. The van der Waals surface area contributed by atoms with Crippen molar-refractivity contribution in [3.8, 4) is 0 Å². The summed E-state index contributed by atoms with van der Waals surface area (Å²) in [6.45, 7) is 1.66. The van der Waals surface area contributed by atoms with Crippen LogP contribution in [0.15, 0.2) is 76.5 Å². The van der Waals surface area contributed by atoms with Gasteiger partial charge in [0.25, 0.3) is 0 Å². The van der Waals surface area contributed by atoms with Crippen molar-refractivity contribution < 1.29 is 21.2 Å². The van der Waals surface area contributed by atoms with Gasteiger partial charge >= 0.3 is 0 Å². The summed E-state index contributed by atoms with van der Waals surface area (Å²) in [6, 6.07) is 16.0. The Morgan fingerprint density at radius 3 is 2.19 bits per heavy atom. The van der Waals surface area contributed by atoms with E-state index < -0.39 is 31.7 Å². The third-order valence-electron chi connectivity index (χ3n) is 4.73. The van der Waals surface area contributed by atoms with Crippen molar-refractivity contribution in [2.75, 3.05) is 6.26 Å². The molecule has 0 saturated heterocycles. The Bertz CT molecular complexity index is 1310. The first-order valence-corrected chi connectivity index (χ1v) is 13.1. The predicted octanol–water partition coefficient (Wildman–Crippen LogP) is 4.51. The predicted molar refractivity (Wildman–Crippen MR) is 119 cm³/mol. The highest BCUT2D eigenvalue weighted by atomic mass is 35.5. The van der Waals surface area contributed by atoms with Crippen LogP contribution in [0.4, 0.5) is 4.39 Å². The van der Waals surface area contributed by atoms with Crippen molar-refractivity contribution in [2.24, 2.45) is 0 Å². The minimum absolute atomic E-state index is 0.0372. The highest BCUT2D eigenvalue weighted by Gasteiger charge is 2.23. The molecular weight excluding hydrogens is 461 g/mol. The van der Waals surface area contributed by atoms with E-state index in [0.29, 0.717) is 21.7 Å². The molecule has 0 amide bonds. The molecule has 0 fully saturated rings. The molecule has 0 aliphatic heterocycles. The molecule has 0 bridgehead atoms. The van der Waals surface area contributed by atoms with E-state index in [4.69, 9.17) is 11.6 Å². The first kappa shape index (κ1) is 23.4. The molecular formula is C22H21ClFNO4S2. The van der Waals surface area contributed by atoms with Gasteiger partial charge < -0.3 is 0 Å². The topological polar surface area (TPSA) is 80.3 Å². The second kappa shape index (κ2) is 9.08. The SMILES string of the molecule is C[C@H](NS(C)(=O)=O)c1ccc(S(=O)(=O)c2ccc(Cl)cc2Cc2ccccc2F)cc1. The maximum Gasteiger partial charge on any atom is 0.209 e. The number of halogens is 2. The lowest BCUT2D eigenvalue weighted by Gasteiger charge is -2.15. The molecule has 31 heavy (non-hydrogen) atoms. The van der Waals surface area contributed by atoms with Crippen LogP contribution in [-0.4, -0.2) is 23.1 Å². The maximum absolute atomic E-state index is 14.1. The molecule has 3 aromatic rings. The van der Waals surface area contributed by atoms with E-state index >= 15 is 0 Å². The van der Waals surface area contributed by atoms with Gasteiger partial charge in [-0.05, 0) is 60.0 Å². The summed E-state index contributed by atoms with van der Waals surface area (Å²) in [5.74, 6) is -0.428. The smallest absolute Gasteiger partial charge is 0.209 e. The summed E-state index contributed by atoms with van der Waals surface area (Å²) in [7, 11) is -7.32. The minimum Gasteiger partial charge on any atom is -0.219 e. The van der Waals surface area contributed by atoms with Gasteiger partial charge in [0.1, 0.15) is 5.82 Å². The van der Waals surface area contributed by atoms with Gasteiger partial charge in [0, 0.05) is 17.5 Å². The molecule has 1 N–H and O–H groups in total. The molecule has 0 heterocycles. The number of hydrogen-bond donors (Lipinski definition) is 1. The average Bonchev–Trinajstić information content (AvgIpc) is 2.68. The fraction of sp³-hybridized carbons (Fsp3) is 0.182. The van der Waals surface area contributed by atoms with Crippen molar-refractivity contribution in [1.82, 2.24) is 4.72 Å². The highest BCUT2D eigenvalue weighted by Crippen LogP contribution is 2.29. The van der Waals surface area contributed by atoms with Gasteiger partial charge in [-0.25, -0.2) is 25.9 Å². The van der Waals surface area contributed by atoms with E-state index in [-0.39, 0.29) is 16.2 Å². The third kappa shape index (κ3) is 5.71. The van der Waals surface area contributed by atoms with Crippen LogP contribution in [0.25, 0.3) is 0 Å². The van der Waals surface area contributed by atoms with Gasteiger partial charge in [-0.2, -0.15) is 0 Å². The van der Waals surface area contributed by atoms with Crippen LogP contribution in [0.5, 0.6) is 0 Å². The number of nitrogens with one attached hydrogen (secondary N) is 1.